The summed E-state index contributed by atoms with van der Waals surface area (Å²) in [7, 11) is 0. The van der Waals surface area contributed by atoms with Crippen molar-refractivity contribution in [2.45, 2.75) is 6.42 Å². The lowest BCUT2D eigenvalue weighted by molar-refractivity contribution is 0.0954. The highest BCUT2D eigenvalue weighted by atomic mass is 79.9. The Morgan fingerprint density at radius 2 is 1.46 bits per heavy atom. The van der Waals surface area contributed by atoms with Crippen LogP contribution in [0.2, 0.25) is 0 Å². The van der Waals surface area contributed by atoms with Crippen LogP contribution < -0.4 is 5.32 Å². The predicted octanol–water partition coefficient (Wildman–Crippen LogP) is 6.03. The average Bonchev–Trinajstić information content (AvgIpc) is 2.67. The van der Waals surface area contributed by atoms with Crippen LogP contribution in [0, 0.1) is 6.92 Å². The monoisotopic (exact) mass is 470 g/mol. The fourth-order valence-electron chi connectivity index (χ4n) is 2.65. The Hall–Kier alpha value is -1.91. The van der Waals surface area contributed by atoms with Crippen molar-refractivity contribution in [1.82, 2.24) is 5.32 Å². The van der Waals surface area contributed by atoms with Gasteiger partial charge in [-0.15, -0.1) is 0 Å². The van der Waals surface area contributed by atoms with Crippen molar-refractivity contribution in [3.8, 4) is 11.1 Å². The van der Waals surface area contributed by atoms with Gasteiger partial charge in [0, 0.05) is 21.1 Å². The molecule has 0 aliphatic carbocycles. The molecule has 0 saturated heterocycles. The predicted molar refractivity (Wildman–Crippen MR) is 114 cm³/mol. The second-order valence-corrected chi connectivity index (χ2v) is 7.70. The highest BCUT2D eigenvalue weighted by Gasteiger charge is 2.10. The molecule has 1 N–H and O–H groups in total. The zero-order valence-corrected chi connectivity index (χ0v) is 17.3. The first-order valence-electron chi connectivity index (χ1n) is 8.28. The van der Waals surface area contributed by atoms with Crippen molar-refractivity contribution >= 4 is 37.8 Å². The van der Waals surface area contributed by atoms with Gasteiger partial charge in [0.05, 0.1) is 0 Å². The molecule has 0 aromatic heterocycles. The van der Waals surface area contributed by atoms with Gasteiger partial charge in [0.2, 0.25) is 0 Å². The maximum Gasteiger partial charge on any atom is 0.251 e. The Labute approximate surface area is 170 Å². The van der Waals surface area contributed by atoms with Crippen molar-refractivity contribution in [3.05, 3.63) is 99.3 Å². The van der Waals surface area contributed by atoms with Crippen LogP contribution >= 0.6 is 31.9 Å². The fraction of sp³-hybridized carbons (Fsp3) is 0.0909. The van der Waals surface area contributed by atoms with E-state index in [2.05, 4.69) is 80.5 Å². The number of carbonyl (C=O) groups is 1. The lowest BCUT2D eigenvalue weighted by Gasteiger charge is -2.09. The smallest absolute Gasteiger partial charge is 0.251 e. The topological polar surface area (TPSA) is 29.1 Å². The molecular formula is C22H18Br2NO. The van der Waals surface area contributed by atoms with E-state index in [1.54, 1.807) is 12.1 Å². The quantitative estimate of drug-likeness (QED) is 0.483. The summed E-state index contributed by atoms with van der Waals surface area (Å²) in [5.41, 5.74) is 5.04. The standard InChI is InChI=1S/C22H18Br2NO/c1-15-20(23)13-19(14-21(15)24)22(26)25-12-11-16-7-9-18(10-8-16)17-5-3-2-4-6-17/h2-10,13-14H,1,11-12H2,(H,25,26). The summed E-state index contributed by atoms with van der Waals surface area (Å²) in [5, 5.41) is 2.97. The normalized spacial score (nSPS) is 10.6. The minimum atomic E-state index is -0.0905. The number of halogens is 2. The second-order valence-electron chi connectivity index (χ2n) is 5.99. The van der Waals surface area contributed by atoms with Gasteiger partial charge in [-0.3, -0.25) is 4.79 Å². The van der Waals surface area contributed by atoms with Gasteiger partial charge in [0.15, 0.2) is 0 Å². The van der Waals surface area contributed by atoms with E-state index in [1.807, 2.05) is 18.2 Å². The Kier molecular flexibility index (Phi) is 6.28. The van der Waals surface area contributed by atoms with E-state index in [-0.39, 0.29) is 5.91 Å². The van der Waals surface area contributed by atoms with Gasteiger partial charge in [-0.1, -0.05) is 86.5 Å². The average molecular weight is 472 g/mol. The summed E-state index contributed by atoms with van der Waals surface area (Å²) in [6, 6.07) is 22.3. The first kappa shape index (κ1) is 18.9. The molecule has 0 saturated carbocycles. The van der Waals surface area contributed by atoms with Crippen molar-refractivity contribution in [2.24, 2.45) is 0 Å². The third-order valence-corrected chi connectivity index (χ3v) is 5.58. The lowest BCUT2D eigenvalue weighted by atomic mass is 10.0. The Balaban J connectivity index is 1.57. The highest BCUT2D eigenvalue weighted by molar-refractivity contribution is 9.11. The summed E-state index contributed by atoms with van der Waals surface area (Å²) in [6.07, 6.45) is 0.788. The zero-order valence-electron chi connectivity index (χ0n) is 14.1. The summed E-state index contributed by atoms with van der Waals surface area (Å²) in [5.74, 6) is -0.0905. The van der Waals surface area contributed by atoms with E-state index in [4.69, 9.17) is 0 Å². The lowest BCUT2D eigenvalue weighted by Crippen LogP contribution is -2.25. The molecule has 0 aliphatic heterocycles. The molecule has 3 aromatic rings. The van der Waals surface area contributed by atoms with Gasteiger partial charge in [-0.05, 0) is 47.7 Å². The van der Waals surface area contributed by atoms with E-state index < -0.39 is 0 Å². The van der Waals surface area contributed by atoms with Crippen LogP contribution in [0.1, 0.15) is 21.5 Å². The minimum Gasteiger partial charge on any atom is -0.352 e. The zero-order chi connectivity index (χ0) is 18.5. The van der Waals surface area contributed by atoms with Crippen molar-refractivity contribution in [1.29, 1.82) is 0 Å². The molecule has 1 amide bonds. The van der Waals surface area contributed by atoms with Crippen LogP contribution in [0.4, 0.5) is 0 Å². The number of benzene rings is 3. The molecule has 26 heavy (non-hydrogen) atoms. The highest BCUT2D eigenvalue weighted by Crippen LogP contribution is 2.26. The molecule has 0 spiro atoms. The number of carbonyl (C=O) groups excluding carboxylic acids is 1. The molecule has 3 aromatic carbocycles. The van der Waals surface area contributed by atoms with E-state index in [9.17, 15) is 4.79 Å². The van der Waals surface area contributed by atoms with Gasteiger partial charge in [-0.2, -0.15) is 0 Å². The van der Waals surface area contributed by atoms with Crippen LogP contribution in [-0.4, -0.2) is 12.5 Å². The largest absolute Gasteiger partial charge is 0.352 e. The summed E-state index contributed by atoms with van der Waals surface area (Å²) in [6.45, 7) is 4.51. The molecule has 0 atom stereocenters. The number of hydrogen-bond acceptors (Lipinski definition) is 1. The van der Waals surface area contributed by atoms with Crippen LogP contribution in [0.15, 0.2) is 75.7 Å². The summed E-state index contributed by atoms with van der Waals surface area (Å²) < 4.78 is 1.63. The molecule has 0 heterocycles. The SMILES string of the molecule is [CH2]c1c(Br)cc(C(=O)NCCc2ccc(-c3ccccc3)cc2)cc1Br. The minimum absolute atomic E-state index is 0.0905. The first-order valence-corrected chi connectivity index (χ1v) is 9.87. The van der Waals surface area contributed by atoms with E-state index in [0.29, 0.717) is 12.1 Å². The molecule has 1 radical (unpaired) electrons. The van der Waals surface area contributed by atoms with Crippen LogP contribution in [0.5, 0.6) is 0 Å². The summed E-state index contributed by atoms with van der Waals surface area (Å²) in [4.78, 5) is 12.3. The fourth-order valence-corrected chi connectivity index (χ4v) is 3.84. The molecule has 4 heteroatoms. The summed E-state index contributed by atoms with van der Waals surface area (Å²) >= 11 is 6.85. The Morgan fingerprint density at radius 1 is 0.885 bits per heavy atom. The van der Waals surface area contributed by atoms with Crippen molar-refractivity contribution in [2.75, 3.05) is 6.54 Å². The van der Waals surface area contributed by atoms with Gasteiger partial charge in [0.25, 0.3) is 5.91 Å². The van der Waals surface area contributed by atoms with Gasteiger partial charge in [0.1, 0.15) is 0 Å². The third kappa shape index (κ3) is 4.63. The molecule has 3 rings (SSSR count). The molecule has 0 aliphatic rings. The van der Waals surface area contributed by atoms with Crippen LogP contribution in [0.25, 0.3) is 11.1 Å². The van der Waals surface area contributed by atoms with E-state index >= 15 is 0 Å². The number of amides is 1. The Bertz CT molecular complexity index is 882. The van der Waals surface area contributed by atoms with Gasteiger partial charge >= 0.3 is 0 Å². The van der Waals surface area contributed by atoms with Crippen LogP contribution in [0.3, 0.4) is 0 Å². The number of hydrogen-bond donors (Lipinski definition) is 1. The first-order chi connectivity index (χ1) is 12.5. The molecule has 0 bridgehead atoms. The van der Waals surface area contributed by atoms with Gasteiger partial charge in [-0.25, -0.2) is 0 Å². The maximum absolute atomic E-state index is 12.3. The van der Waals surface area contributed by atoms with Crippen molar-refractivity contribution < 1.29 is 4.79 Å². The van der Waals surface area contributed by atoms with E-state index in [0.717, 1.165) is 20.9 Å². The maximum atomic E-state index is 12.3. The number of nitrogens with one attached hydrogen (secondary N) is 1. The molecule has 0 fully saturated rings. The molecule has 0 unspecified atom stereocenters. The number of rotatable bonds is 5. The van der Waals surface area contributed by atoms with E-state index in [1.165, 1.54) is 16.7 Å². The van der Waals surface area contributed by atoms with Crippen LogP contribution in [-0.2, 0) is 6.42 Å². The molecule has 131 valence electrons. The Morgan fingerprint density at radius 3 is 2.08 bits per heavy atom. The molecule has 2 nitrogen and oxygen atoms in total. The van der Waals surface area contributed by atoms with Gasteiger partial charge < -0.3 is 5.32 Å². The second kappa shape index (κ2) is 8.65. The molecular weight excluding hydrogens is 454 g/mol. The third-order valence-electron chi connectivity index (χ3n) is 4.16. The van der Waals surface area contributed by atoms with Crippen molar-refractivity contribution in [3.63, 3.8) is 0 Å².